The summed E-state index contributed by atoms with van der Waals surface area (Å²) < 4.78 is 13.6. The predicted octanol–water partition coefficient (Wildman–Crippen LogP) is 4.86. The van der Waals surface area contributed by atoms with Crippen LogP contribution in [0.3, 0.4) is 0 Å². The van der Waals surface area contributed by atoms with Gasteiger partial charge in [0.1, 0.15) is 6.17 Å². The van der Waals surface area contributed by atoms with E-state index in [4.69, 9.17) is 5.26 Å². The number of piperidine rings is 1. The van der Waals surface area contributed by atoms with Crippen LogP contribution in [-0.2, 0) is 6.54 Å². The zero-order chi connectivity index (χ0) is 17.0. The van der Waals surface area contributed by atoms with E-state index in [1.54, 1.807) is 0 Å². The van der Waals surface area contributed by atoms with Crippen LogP contribution in [0.15, 0.2) is 24.3 Å². The number of hydrogen-bond acceptors (Lipinski definition) is 3. The zero-order valence-corrected chi connectivity index (χ0v) is 15.1. The lowest BCUT2D eigenvalue weighted by molar-refractivity contribution is 0.101. The Labute approximate surface area is 150 Å². The summed E-state index contributed by atoms with van der Waals surface area (Å²) in [7, 11) is 0. The lowest BCUT2D eigenvalue weighted by Crippen LogP contribution is -2.49. The molecule has 1 aliphatic heterocycles. The molecule has 24 heavy (non-hydrogen) atoms. The molecule has 3 rings (SSSR count). The Morgan fingerprint density at radius 2 is 1.92 bits per heavy atom. The van der Waals surface area contributed by atoms with Crippen LogP contribution in [0.4, 0.5) is 4.39 Å². The van der Waals surface area contributed by atoms with E-state index in [-0.39, 0.29) is 6.42 Å². The van der Waals surface area contributed by atoms with E-state index in [9.17, 15) is 4.39 Å². The van der Waals surface area contributed by atoms with Gasteiger partial charge in [0.2, 0.25) is 0 Å². The van der Waals surface area contributed by atoms with Crippen molar-refractivity contribution in [3.63, 3.8) is 0 Å². The average molecular weight is 347 g/mol. The van der Waals surface area contributed by atoms with Gasteiger partial charge < -0.3 is 0 Å². The SMILES string of the molecule is N#CCC1(S)CCN(Cc2ccc(C3CCCCC3)cc2)CC1F. The molecule has 1 aromatic carbocycles. The summed E-state index contributed by atoms with van der Waals surface area (Å²) in [5, 5.41) is 8.86. The van der Waals surface area contributed by atoms with Gasteiger partial charge in [0.25, 0.3) is 0 Å². The zero-order valence-electron chi connectivity index (χ0n) is 14.3. The van der Waals surface area contributed by atoms with E-state index in [2.05, 4.69) is 47.9 Å². The highest BCUT2D eigenvalue weighted by atomic mass is 32.1. The van der Waals surface area contributed by atoms with Crippen molar-refractivity contribution >= 4 is 12.6 Å². The molecule has 1 aromatic rings. The summed E-state index contributed by atoms with van der Waals surface area (Å²) in [5.74, 6) is 0.730. The van der Waals surface area contributed by atoms with Crippen molar-refractivity contribution in [3.8, 4) is 6.07 Å². The molecule has 0 aromatic heterocycles. The molecule has 0 N–H and O–H groups in total. The fraction of sp³-hybridized carbons (Fsp3) is 0.650. The van der Waals surface area contributed by atoms with Crippen LogP contribution in [0.2, 0.25) is 0 Å². The van der Waals surface area contributed by atoms with Gasteiger partial charge >= 0.3 is 0 Å². The highest BCUT2D eigenvalue weighted by molar-refractivity contribution is 7.81. The van der Waals surface area contributed by atoms with Crippen molar-refractivity contribution in [2.75, 3.05) is 13.1 Å². The molecule has 0 spiro atoms. The maximum Gasteiger partial charge on any atom is 0.128 e. The fourth-order valence-corrected chi connectivity index (χ4v) is 4.32. The molecule has 1 saturated carbocycles. The molecule has 2 fully saturated rings. The number of rotatable bonds is 4. The summed E-state index contributed by atoms with van der Waals surface area (Å²) in [6.45, 7) is 1.95. The van der Waals surface area contributed by atoms with Gasteiger partial charge in [-0.05, 0) is 36.3 Å². The highest BCUT2D eigenvalue weighted by Gasteiger charge is 2.40. The second-order valence-corrected chi connectivity index (χ2v) is 8.36. The topological polar surface area (TPSA) is 27.0 Å². The summed E-state index contributed by atoms with van der Waals surface area (Å²) in [5.41, 5.74) is 2.71. The standard InChI is InChI=1S/C20H27FN2S/c21-19-15-23(13-11-20(19,24)10-12-22)14-16-6-8-18(9-7-16)17-4-2-1-3-5-17/h6-9,17,19,24H,1-5,10-11,13-15H2. The second-order valence-electron chi connectivity index (χ2n) is 7.47. The van der Waals surface area contributed by atoms with Crippen LogP contribution in [0.5, 0.6) is 0 Å². The Bertz CT molecular complexity index is 576. The second kappa shape index (κ2) is 7.89. The number of benzene rings is 1. The first-order chi connectivity index (χ1) is 11.6. The first kappa shape index (κ1) is 17.8. The molecule has 0 amide bonds. The Hall–Kier alpha value is -1.05. The van der Waals surface area contributed by atoms with Gasteiger partial charge in [0.15, 0.2) is 0 Å². The van der Waals surface area contributed by atoms with Crippen molar-refractivity contribution in [3.05, 3.63) is 35.4 Å². The predicted molar refractivity (Wildman–Crippen MR) is 99.0 cm³/mol. The first-order valence-electron chi connectivity index (χ1n) is 9.15. The normalized spacial score (nSPS) is 29.3. The lowest BCUT2D eigenvalue weighted by atomic mass is 9.84. The Kier molecular flexibility index (Phi) is 5.84. The number of alkyl halides is 1. The van der Waals surface area contributed by atoms with E-state index in [1.165, 1.54) is 43.2 Å². The van der Waals surface area contributed by atoms with Crippen molar-refractivity contribution in [2.45, 2.75) is 68.3 Å². The van der Waals surface area contributed by atoms with Gasteiger partial charge in [-0.1, -0.05) is 43.5 Å². The number of likely N-dealkylation sites (tertiary alicyclic amines) is 1. The number of hydrogen-bond donors (Lipinski definition) is 1. The van der Waals surface area contributed by atoms with Crippen molar-refractivity contribution in [1.29, 1.82) is 5.26 Å². The summed E-state index contributed by atoms with van der Waals surface area (Å²) in [6, 6.07) is 11.0. The smallest absolute Gasteiger partial charge is 0.128 e. The lowest BCUT2D eigenvalue weighted by Gasteiger charge is -2.40. The highest BCUT2D eigenvalue weighted by Crippen LogP contribution is 2.35. The van der Waals surface area contributed by atoms with Crippen LogP contribution in [0, 0.1) is 11.3 Å². The largest absolute Gasteiger partial charge is 0.296 e. The molecule has 1 saturated heterocycles. The molecule has 1 heterocycles. The molecule has 2 nitrogen and oxygen atoms in total. The molecular formula is C20H27FN2S. The van der Waals surface area contributed by atoms with Gasteiger partial charge in [-0.15, -0.1) is 0 Å². The molecule has 2 aliphatic rings. The van der Waals surface area contributed by atoms with Crippen LogP contribution in [0.25, 0.3) is 0 Å². The van der Waals surface area contributed by atoms with E-state index >= 15 is 0 Å². The Morgan fingerprint density at radius 3 is 2.54 bits per heavy atom. The summed E-state index contributed by atoms with van der Waals surface area (Å²) >= 11 is 4.44. The molecule has 2 unspecified atom stereocenters. The molecule has 0 bridgehead atoms. The van der Waals surface area contributed by atoms with Crippen molar-refractivity contribution in [1.82, 2.24) is 4.90 Å². The molecule has 1 aliphatic carbocycles. The Morgan fingerprint density at radius 1 is 1.21 bits per heavy atom. The van der Waals surface area contributed by atoms with Gasteiger partial charge in [-0.2, -0.15) is 17.9 Å². The van der Waals surface area contributed by atoms with E-state index in [0.717, 1.165) is 19.0 Å². The molecule has 0 radical (unpaired) electrons. The third-order valence-corrected chi connectivity index (χ3v) is 6.37. The van der Waals surface area contributed by atoms with Gasteiger partial charge in [-0.3, -0.25) is 4.90 Å². The maximum absolute atomic E-state index is 14.4. The maximum atomic E-state index is 14.4. The number of nitrogens with zero attached hydrogens (tertiary/aromatic N) is 2. The van der Waals surface area contributed by atoms with Gasteiger partial charge in [-0.25, -0.2) is 4.39 Å². The van der Waals surface area contributed by atoms with Crippen molar-refractivity contribution < 1.29 is 4.39 Å². The van der Waals surface area contributed by atoms with Crippen LogP contribution >= 0.6 is 12.6 Å². The number of nitriles is 1. The van der Waals surface area contributed by atoms with E-state index in [0.29, 0.717) is 13.0 Å². The number of halogens is 1. The molecule has 130 valence electrons. The fourth-order valence-electron chi connectivity index (χ4n) is 4.07. The molecule has 4 heteroatoms. The number of thiol groups is 1. The minimum atomic E-state index is -1.05. The quantitative estimate of drug-likeness (QED) is 0.788. The van der Waals surface area contributed by atoms with Gasteiger partial charge in [0.05, 0.1) is 17.2 Å². The molecular weight excluding hydrogens is 319 g/mol. The van der Waals surface area contributed by atoms with E-state index in [1.807, 2.05) is 0 Å². The Balaban J connectivity index is 1.56. The van der Waals surface area contributed by atoms with Gasteiger partial charge in [0, 0.05) is 19.6 Å². The summed E-state index contributed by atoms with van der Waals surface area (Å²) in [4.78, 5) is 2.14. The van der Waals surface area contributed by atoms with Crippen molar-refractivity contribution in [2.24, 2.45) is 0 Å². The minimum absolute atomic E-state index is 0.182. The van der Waals surface area contributed by atoms with E-state index < -0.39 is 10.9 Å². The monoisotopic (exact) mass is 346 g/mol. The third-order valence-electron chi connectivity index (χ3n) is 5.71. The summed E-state index contributed by atoms with van der Waals surface area (Å²) in [6.07, 6.45) is 6.49. The first-order valence-corrected chi connectivity index (χ1v) is 9.60. The van der Waals surface area contributed by atoms with Crippen LogP contribution in [0.1, 0.15) is 62.0 Å². The van der Waals surface area contributed by atoms with Crippen LogP contribution in [-0.4, -0.2) is 28.9 Å². The third kappa shape index (κ3) is 4.13. The molecule has 2 atom stereocenters. The minimum Gasteiger partial charge on any atom is -0.296 e. The van der Waals surface area contributed by atoms with Crippen LogP contribution < -0.4 is 0 Å². The average Bonchev–Trinajstić information content (AvgIpc) is 2.60.